The molecule has 2 aliphatic rings. The molecule has 3 aromatic carbocycles. The zero-order chi connectivity index (χ0) is 50.1. The Bertz CT molecular complexity index is 3100. The van der Waals surface area contributed by atoms with Gasteiger partial charge in [0.2, 0.25) is 0 Å². The Labute approximate surface area is 395 Å². The average molecular weight is 975 g/mol. The number of hydrogen-bond acceptors (Lipinski definition) is 10. The molecule has 4 heterocycles. The lowest BCUT2D eigenvalue weighted by molar-refractivity contribution is -0.132. The molecule has 3 N–H and O–H groups in total. The van der Waals surface area contributed by atoms with E-state index in [0.29, 0.717) is 70.4 Å². The van der Waals surface area contributed by atoms with Crippen molar-refractivity contribution in [2.45, 2.75) is 83.7 Å². The van der Waals surface area contributed by atoms with Gasteiger partial charge in [0.15, 0.2) is 29.1 Å². The van der Waals surface area contributed by atoms with Gasteiger partial charge >= 0.3 is 12.4 Å². The third-order valence-electron chi connectivity index (χ3n) is 12.1. The van der Waals surface area contributed by atoms with Crippen molar-refractivity contribution in [3.05, 3.63) is 130 Å². The minimum atomic E-state index is -4.40. The first kappa shape index (κ1) is 49.3. The SMILES string of the molecule is Cc1cc(-c2cnc3c(NCCC(F)(F)F)cc(C(O)c4cc(F)ccc4F)nn23)ccc1C(=O)CC1CC1.Cc1cc(-c2cnc3c(NCCC(F)(F)F)cc(C=O)nn23)ccc1C(=O)CC1CC1. The number of ketones is 2. The molecule has 1 atom stereocenters. The monoisotopic (exact) mass is 974 g/mol. The fraction of sp³-hybridized carbons (Fsp3) is 0.340. The van der Waals surface area contributed by atoms with Crippen molar-refractivity contribution in [2.75, 3.05) is 23.7 Å². The summed E-state index contributed by atoms with van der Waals surface area (Å²) in [5.41, 5.74) is 5.70. The van der Waals surface area contributed by atoms with Crippen LogP contribution in [0.2, 0.25) is 0 Å². The smallest absolute Gasteiger partial charge is 0.382 e. The second-order valence-electron chi connectivity index (χ2n) is 17.7. The van der Waals surface area contributed by atoms with E-state index in [1.807, 2.05) is 19.9 Å². The van der Waals surface area contributed by atoms with E-state index >= 15 is 0 Å². The molecule has 7 aromatic rings. The molecule has 20 heteroatoms. The number of carbonyl (C=O) groups is 3. The number of carbonyl (C=O) groups excluding carboxylic acids is 3. The Kier molecular flexibility index (Phi) is 14.2. The van der Waals surface area contributed by atoms with Gasteiger partial charge in [-0.05, 0) is 105 Å². The van der Waals surface area contributed by atoms with E-state index < -0.39 is 49.5 Å². The van der Waals surface area contributed by atoms with Crippen LogP contribution in [0.4, 0.5) is 46.5 Å². The minimum Gasteiger partial charge on any atom is -0.382 e. The van der Waals surface area contributed by atoms with E-state index in [1.54, 1.807) is 36.5 Å². The maximum atomic E-state index is 14.4. The third-order valence-corrected chi connectivity index (χ3v) is 12.1. The van der Waals surface area contributed by atoms with Gasteiger partial charge in [-0.15, -0.1) is 0 Å². The van der Waals surface area contributed by atoms with Gasteiger partial charge in [-0.1, -0.05) is 24.3 Å². The summed E-state index contributed by atoms with van der Waals surface area (Å²) in [6, 6.07) is 15.9. The standard InChI is InChI=1S/C28H25F5N4O2.C22H21F3N4O2/c1-15-10-17(4-6-19(15)25(38)11-16-2-3-16)24-14-35-27-23(34-9-8-28(31,32)33)13-22(36-37(24)27)26(39)20-12-18(29)5-7-21(20)30;1-13-8-15(4-5-17(13)20(31)9-14-2-3-14)19-11-27-21-18(26-7-6-22(23,24)25)10-16(12-30)28-29(19)21/h4-7,10,12-14,16,26,34,39H,2-3,8-9,11H2,1H3;4-5,8,10-12,14,26H,2-3,6-7,9H2,1H3. The van der Waals surface area contributed by atoms with Crippen LogP contribution in [0.15, 0.2) is 79.1 Å². The summed E-state index contributed by atoms with van der Waals surface area (Å²) in [6.07, 6.45) is -3.60. The molecule has 2 aliphatic carbocycles. The number of aldehydes is 1. The van der Waals surface area contributed by atoms with Crippen molar-refractivity contribution in [1.82, 2.24) is 29.2 Å². The first-order chi connectivity index (χ1) is 33.2. The fourth-order valence-corrected chi connectivity index (χ4v) is 8.04. The van der Waals surface area contributed by atoms with Crippen molar-refractivity contribution in [2.24, 2.45) is 11.8 Å². The molecule has 4 aromatic heterocycles. The van der Waals surface area contributed by atoms with Crippen LogP contribution < -0.4 is 10.6 Å². The number of nitrogens with zero attached hydrogens (tertiary/aromatic N) is 6. The van der Waals surface area contributed by atoms with E-state index in [1.165, 1.54) is 27.4 Å². The molecular formula is C50H46F8N8O4. The number of fused-ring (bicyclic) bond motifs is 2. The number of rotatable bonds is 17. The Morgan fingerprint density at radius 3 is 1.64 bits per heavy atom. The third kappa shape index (κ3) is 11.8. The van der Waals surface area contributed by atoms with Crippen molar-refractivity contribution in [3.8, 4) is 22.5 Å². The number of aryl methyl sites for hydroxylation is 2. The van der Waals surface area contributed by atoms with Gasteiger partial charge in [-0.3, -0.25) is 14.4 Å². The highest BCUT2D eigenvalue weighted by atomic mass is 19.4. The number of halogens is 8. The normalized spacial score (nSPS) is 14.3. The number of anilines is 2. The number of hydrogen-bond donors (Lipinski definition) is 3. The number of Topliss-reactive ketones (excluding diaryl/α,β-unsaturated/α-hetero) is 2. The van der Waals surface area contributed by atoms with Gasteiger partial charge in [-0.2, -0.15) is 36.5 Å². The van der Waals surface area contributed by atoms with E-state index in [0.717, 1.165) is 60.6 Å². The lowest BCUT2D eigenvalue weighted by Crippen LogP contribution is -2.16. The summed E-state index contributed by atoms with van der Waals surface area (Å²) in [7, 11) is 0. The molecule has 12 nitrogen and oxygen atoms in total. The fourth-order valence-electron chi connectivity index (χ4n) is 8.04. The van der Waals surface area contributed by atoms with E-state index in [9.17, 15) is 54.6 Å². The van der Waals surface area contributed by atoms with Crippen molar-refractivity contribution in [1.29, 1.82) is 0 Å². The quantitative estimate of drug-likeness (QED) is 0.0456. The Morgan fingerprint density at radius 2 is 1.19 bits per heavy atom. The Hall–Kier alpha value is -7.09. The molecule has 0 spiro atoms. The highest BCUT2D eigenvalue weighted by Gasteiger charge is 2.30. The Balaban J connectivity index is 0.000000193. The molecular weight excluding hydrogens is 929 g/mol. The van der Waals surface area contributed by atoms with E-state index in [2.05, 4.69) is 30.8 Å². The Morgan fingerprint density at radius 1 is 0.700 bits per heavy atom. The first-order valence-electron chi connectivity index (χ1n) is 22.5. The lowest BCUT2D eigenvalue weighted by Gasteiger charge is -2.16. The lowest BCUT2D eigenvalue weighted by atomic mass is 9.98. The number of nitrogens with one attached hydrogen (secondary N) is 2. The second kappa shape index (κ2) is 20.1. The van der Waals surface area contributed by atoms with Crippen molar-refractivity contribution in [3.63, 3.8) is 0 Å². The van der Waals surface area contributed by atoms with Crippen LogP contribution in [0.1, 0.15) is 111 Å². The largest absolute Gasteiger partial charge is 0.390 e. The molecule has 2 saturated carbocycles. The second-order valence-corrected chi connectivity index (χ2v) is 17.7. The molecule has 9 rings (SSSR count). The van der Waals surface area contributed by atoms with Gasteiger partial charge in [0.05, 0.1) is 53.7 Å². The van der Waals surface area contributed by atoms with Gasteiger partial charge in [0, 0.05) is 53.7 Å². The summed E-state index contributed by atoms with van der Waals surface area (Å²) in [6.45, 7) is 2.85. The zero-order valence-corrected chi connectivity index (χ0v) is 37.8. The molecule has 1 unspecified atom stereocenters. The topological polar surface area (TPSA) is 156 Å². The van der Waals surface area contributed by atoms with Crippen LogP contribution >= 0.6 is 0 Å². The highest BCUT2D eigenvalue weighted by molar-refractivity contribution is 5.99. The summed E-state index contributed by atoms with van der Waals surface area (Å²) < 4.78 is 107. The average Bonchev–Trinajstić information content (AvgIpc) is 4.22. The molecule has 0 radical (unpaired) electrons. The number of aliphatic hydroxyl groups is 1. The van der Waals surface area contributed by atoms with Gasteiger partial charge in [0.25, 0.3) is 0 Å². The van der Waals surface area contributed by atoms with Crippen molar-refractivity contribution < 1.29 is 54.6 Å². The highest BCUT2D eigenvalue weighted by Crippen LogP contribution is 2.37. The number of aromatic nitrogens is 6. The van der Waals surface area contributed by atoms with Crippen LogP contribution in [0.25, 0.3) is 33.8 Å². The summed E-state index contributed by atoms with van der Waals surface area (Å²) >= 11 is 0. The molecule has 366 valence electrons. The minimum absolute atomic E-state index is 0.0641. The van der Waals surface area contributed by atoms with Crippen molar-refractivity contribution >= 4 is 40.5 Å². The molecule has 0 aliphatic heterocycles. The molecule has 2 fully saturated rings. The molecule has 0 saturated heterocycles. The number of imidazole rings is 2. The summed E-state index contributed by atoms with van der Waals surface area (Å²) in [4.78, 5) is 45.1. The maximum absolute atomic E-state index is 14.4. The summed E-state index contributed by atoms with van der Waals surface area (Å²) in [5.74, 6) is -0.510. The van der Waals surface area contributed by atoms with Crippen LogP contribution in [0.3, 0.4) is 0 Å². The first-order valence-corrected chi connectivity index (χ1v) is 22.5. The number of aliphatic hydroxyl groups excluding tert-OH is 1. The van der Waals surface area contributed by atoms with E-state index in [4.69, 9.17) is 0 Å². The van der Waals surface area contributed by atoms with E-state index in [-0.39, 0.29) is 46.4 Å². The predicted molar refractivity (Wildman–Crippen MR) is 244 cm³/mol. The predicted octanol–water partition coefficient (Wildman–Crippen LogP) is 11.3. The molecule has 0 amide bonds. The zero-order valence-electron chi connectivity index (χ0n) is 37.8. The van der Waals surface area contributed by atoms with Crippen LogP contribution in [0, 0.1) is 37.3 Å². The summed E-state index contributed by atoms with van der Waals surface area (Å²) in [5, 5.41) is 24.9. The van der Waals surface area contributed by atoms with Crippen LogP contribution in [0.5, 0.6) is 0 Å². The van der Waals surface area contributed by atoms with Crippen LogP contribution in [-0.2, 0) is 0 Å². The molecule has 70 heavy (non-hydrogen) atoms. The van der Waals surface area contributed by atoms with Gasteiger partial charge in [0.1, 0.15) is 23.4 Å². The molecule has 0 bridgehead atoms. The number of benzene rings is 3. The number of alkyl halides is 6. The van der Waals surface area contributed by atoms with Crippen LogP contribution in [-0.4, -0.2) is 77.6 Å². The van der Waals surface area contributed by atoms with Gasteiger partial charge < -0.3 is 15.7 Å². The maximum Gasteiger partial charge on any atom is 0.390 e. The van der Waals surface area contributed by atoms with Gasteiger partial charge in [-0.25, -0.2) is 27.8 Å².